The summed E-state index contributed by atoms with van der Waals surface area (Å²) in [5.74, 6) is 1.02. The molecule has 166 valence electrons. The molecule has 0 spiro atoms. The van der Waals surface area contributed by atoms with Crippen molar-refractivity contribution in [1.82, 2.24) is 20.1 Å². The number of carbonyl (C=O) groups is 2. The van der Waals surface area contributed by atoms with Gasteiger partial charge in [0.25, 0.3) is 0 Å². The Morgan fingerprint density at radius 3 is 2.87 bits per heavy atom. The fourth-order valence-corrected chi connectivity index (χ4v) is 4.20. The summed E-state index contributed by atoms with van der Waals surface area (Å²) in [6.45, 7) is 4.87. The third kappa shape index (κ3) is 4.81. The van der Waals surface area contributed by atoms with Crippen LogP contribution >= 0.6 is 0 Å². The normalized spacial score (nSPS) is 22.0. The van der Waals surface area contributed by atoms with E-state index in [1.165, 1.54) is 7.11 Å². The number of ether oxygens (including phenoxy) is 2. The maximum atomic E-state index is 12.4. The van der Waals surface area contributed by atoms with E-state index in [0.29, 0.717) is 11.7 Å². The molecule has 0 unspecified atom stereocenters. The largest absolute Gasteiger partial charge is 0.481 e. The van der Waals surface area contributed by atoms with Crippen LogP contribution in [0, 0.1) is 0 Å². The van der Waals surface area contributed by atoms with Gasteiger partial charge >= 0.3 is 6.09 Å². The van der Waals surface area contributed by atoms with Gasteiger partial charge < -0.3 is 19.7 Å². The van der Waals surface area contributed by atoms with Crippen molar-refractivity contribution in [3.63, 3.8) is 0 Å². The Bertz CT molecular complexity index is 957. The summed E-state index contributed by atoms with van der Waals surface area (Å²) in [4.78, 5) is 30.6. The lowest BCUT2D eigenvalue weighted by Crippen LogP contribution is -2.58. The van der Waals surface area contributed by atoms with E-state index in [9.17, 15) is 9.59 Å². The van der Waals surface area contributed by atoms with Crippen LogP contribution in [-0.4, -0.2) is 57.4 Å². The molecule has 2 aliphatic rings. The summed E-state index contributed by atoms with van der Waals surface area (Å²) in [6.07, 6.45) is 5.02. The highest BCUT2D eigenvalue weighted by molar-refractivity contribution is 5.91. The van der Waals surface area contributed by atoms with Crippen LogP contribution in [0.25, 0.3) is 0 Å². The Kier molecular flexibility index (Phi) is 5.84. The molecule has 2 aromatic rings. The van der Waals surface area contributed by atoms with Gasteiger partial charge in [-0.3, -0.25) is 9.89 Å². The van der Waals surface area contributed by atoms with Gasteiger partial charge in [0.15, 0.2) is 5.82 Å². The molecule has 1 saturated heterocycles. The predicted molar refractivity (Wildman–Crippen MR) is 114 cm³/mol. The Morgan fingerprint density at radius 2 is 2.16 bits per heavy atom. The van der Waals surface area contributed by atoms with Crippen molar-refractivity contribution in [2.24, 2.45) is 0 Å². The first-order valence-corrected chi connectivity index (χ1v) is 10.7. The van der Waals surface area contributed by atoms with Gasteiger partial charge in [0.05, 0.1) is 13.5 Å². The summed E-state index contributed by atoms with van der Waals surface area (Å²) in [5.41, 5.74) is 1.65. The summed E-state index contributed by atoms with van der Waals surface area (Å²) >= 11 is 0. The minimum absolute atomic E-state index is 0.0862. The number of methoxy groups -OCH3 is 1. The van der Waals surface area contributed by atoms with Crippen molar-refractivity contribution in [3.8, 4) is 5.88 Å². The molecular formula is C22H29N5O4. The molecule has 2 aromatic heterocycles. The smallest absolute Gasteiger partial charge is 0.410 e. The molecular weight excluding hydrogens is 398 g/mol. The van der Waals surface area contributed by atoms with Crippen molar-refractivity contribution < 1.29 is 19.1 Å². The SMILES string of the molecule is COc1cc(CC(=O)Nc2cc([C@H]3CC[C@@H](OC(=O)N4CCC4(C)C)C3)[nH]n2)ccn1. The van der Waals surface area contributed by atoms with Gasteiger partial charge in [0.2, 0.25) is 11.8 Å². The second-order valence-corrected chi connectivity index (χ2v) is 8.87. The Labute approximate surface area is 181 Å². The molecule has 1 saturated carbocycles. The highest BCUT2D eigenvalue weighted by atomic mass is 16.6. The first-order valence-electron chi connectivity index (χ1n) is 10.7. The molecule has 0 radical (unpaired) electrons. The average Bonchev–Trinajstić information content (AvgIpc) is 3.36. The molecule has 1 aliphatic carbocycles. The maximum absolute atomic E-state index is 12.4. The lowest BCUT2D eigenvalue weighted by Gasteiger charge is -2.47. The zero-order chi connectivity index (χ0) is 22.0. The van der Waals surface area contributed by atoms with Crippen LogP contribution in [0.1, 0.15) is 56.7 Å². The minimum atomic E-state index is -0.216. The monoisotopic (exact) mass is 427 g/mol. The van der Waals surface area contributed by atoms with Crippen LogP contribution < -0.4 is 10.1 Å². The van der Waals surface area contributed by atoms with E-state index in [1.54, 1.807) is 23.2 Å². The van der Waals surface area contributed by atoms with E-state index in [4.69, 9.17) is 9.47 Å². The van der Waals surface area contributed by atoms with Crippen molar-refractivity contribution in [2.75, 3.05) is 19.0 Å². The van der Waals surface area contributed by atoms with Gasteiger partial charge in [-0.15, -0.1) is 0 Å². The minimum Gasteiger partial charge on any atom is -0.481 e. The maximum Gasteiger partial charge on any atom is 0.410 e. The molecule has 0 aromatic carbocycles. The topological polar surface area (TPSA) is 109 Å². The molecule has 31 heavy (non-hydrogen) atoms. The van der Waals surface area contributed by atoms with Crippen LogP contribution in [0.5, 0.6) is 5.88 Å². The third-order valence-corrected chi connectivity index (χ3v) is 6.23. The third-order valence-electron chi connectivity index (χ3n) is 6.23. The van der Waals surface area contributed by atoms with Crippen molar-refractivity contribution in [3.05, 3.63) is 35.7 Å². The number of aromatic nitrogens is 3. The molecule has 2 amide bonds. The second kappa shape index (κ2) is 8.56. The van der Waals surface area contributed by atoms with E-state index >= 15 is 0 Å². The number of rotatable bonds is 6. The van der Waals surface area contributed by atoms with E-state index in [1.807, 2.05) is 6.07 Å². The number of H-pyrrole nitrogens is 1. The first-order chi connectivity index (χ1) is 14.8. The second-order valence-electron chi connectivity index (χ2n) is 8.87. The van der Waals surface area contributed by atoms with Crippen molar-refractivity contribution >= 4 is 17.8 Å². The van der Waals surface area contributed by atoms with Crippen LogP contribution in [0.3, 0.4) is 0 Å². The summed E-state index contributed by atoms with van der Waals surface area (Å²) < 4.78 is 10.8. The number of hydrogen-bond donors (Lipinski definition) is 2. The number of aromatic amines is 1. The van der Waals surface area contributed by atoms with Gasteiger partial charge in [-0.2, -0.15) is 5.10 Å². The van der Waals surface area contributed by atoms with Gasteiger partial charge in [-0.1, -0.05) is 0 Å². The van der Waals surface area contributed by atoms with Gasteiger partial charge in [0, 0.05) is 42.0 Å². The molecule has 0 bridgehead atoms. The Hall–Kier alpha value is -3.10. The first kappa shape index (κ1) is 21.1. The molecule has 9 heteroatoms. The zero-order valence-corrected chi connectivity index (χ0v) is 18.2. The van der Waals surface area contributed by atoms with E-state index in [-0.39, 0.29) is 36.0 Å². The lowest BCUT2D eigenvalue weighted by molar-refractivity contribution is -0.115. The standard InChI is InChI=1S/C22H29N5O4/c1-22(2)7-9-27(22)21(29)31-16-5-4-15(12-16)17-13-18(26-25-17)24-19(28)10-14-6-8-23-20(11-14)30-3/h6,8,11,13,15-16H,4-5,7,9-10,12H2,1-3H3,(H2,24,25,26,28)/t15-,16+/m0/s1. The molecule has 2 atom stereocenters. The van der Waals surface area contributed by atoms with E-state index in [2.05, 4.69) is 34.3 Å². The Morgan fingerprint density at radius 1 is 1.32 bits per heavy atom. The fourth-order valence-electron chi connectivity index (χ4n) is 4.20. The zero-order valence-electron chi connectivity index (χ0n) is 18.2. The molecule has 1 aliphatic heterocycles. The van der Waals surface area contributed by atoms with E-state index in [0.717, 1.165) is 43.5 Å². The fraction of sp³-hybridized carbons (Fsp3) is 0.545. The number of hydrogen-bond acceptors (Lipinski definition) is 6. The summed E-state index contributed by atoms with van der Waals surface area (Å²) in [5, 5.41) is 10.1. The van der Waals surface area contributed by atoms with Crippen molar-refractivity contribution in [1.29, 1.82) is 0 Å². The van der Waals surface area contributed by atoms with Crippen molar-refractivity contribution in [2.45, 2.75) is 63.5 Å². The highest BCUT2D eigenvalue weighted by Crippen LogP contribution is 2.37. The molecule has 4 rings (SSSR count). The summed E-state index contributed by atoms with van der Waals surface area (Å²) in [6, 6.07) is 5.37. The van der Waals surface area contributed by atoms with E-state index < -0.39 is 0 Å². The van der Waals surface area contributed by atoms with Crippen LogP contribution in [0.4, 0.5) is 10.6 Å². The van der Waals surface area contributed by atoms with Crippen LogP contribution in [-0.2, 0) is 16.0 Å². The number of nitrogens with one attached hydrogen (secondary N) is 2. The van der Waals surface area contributed by atoms with Crippen LogP contribution in [0.15, 0.2) is 24.4 Å². The molecule has 2 N–H and O–H groups in total. The quantitative estimate of drug-likeness (QED) is 0.732. The van der Waals surface area contributed by atoms with Gasteiger partial charge in [0.1, 0.15) is 6.10 Å². The summed E-state index contributed by atoms with van der Waals surface area (Å²) in [7, 11) is 1.54. The molecule has 9 nitrogen and oxygen atoms in total. The lowest BCUT2D eigenvalue weighted by atomic mass is 9.90. The Balaban J connectivity index is 1.28. The van der Waals surface area contributed by atoms with Crippen LogP contribution in [0.2, 0.25) is 0 Å². The average molecular weight is 428 g/mol. The predicted octanol–water partition coefficient (Wildman–Crippen LogP) is 3.25. The number of nitrogens with zero attached hydrogens (tertiary/aromatic N) is 3. The number of carbonyl (C=O) groups excluding carboxylic acids is 2. The van der Waals surface area contributed by atoms with Gasteiger partial charge in [-0.05, 0) is 51.2 Å². The number of amides is 2. The molecule has 3 heterocycles. The molecule has 2 fully saturated rings. The number of pyridine rings is 1. The number of anilines is 1. The highest BCUT2D eigenvalue weighted by Gasteiger charge is 2.41. The van der Waals surface area contributed by atoms with Gasteiger partial charge in [-0.25, -0.2) is 9.78 Å². The number of likely N-dealkylation sites (tertiary alicyclic amines) is 1.